The molecule has 0 saturated carbocycles. The Hall–Kier alpha value is 0.290. The van der Waals surface area contributed by atoms with Gasteiger partial charge in [0.15, 0.2) is 0 Å². The molecule has 0 unspecified atom stereocenters. The van der Waals surface area contributed by atoms with Gasteiger partial charge < -0.3 is 0 Å². The molecule has 0 spiro atoms. The van der Waals surface area contributed by atoms with E-state index in [0.717, 1.165) is 27.5 Å². The van der Waals surface area contributed by atoms with Crippen LogP contribution in [0, 0.1) is 0 Å². The molecule has 1 aromatic rings. The van der Waals surface area contributed by atoms with Crippen molar-refractivity contribution in [1.82, 2.24) is 0 Å². The summed E-state index contributed by atoms with van der Waals surface area (Å²) in [5.41, 5.74) is 0. The van der Waals surface area contributed by atoms with E-state index in [2.05, 4.69) is 0 Å². The van der Waals surface area contributed by atoms with Gasteiger partial charge in [0.2, 0.25) is 0 Å². The molecule has 0 aliphatic heterocycles. The summed E-state index contributed by atoms with van der Waals surface area (Å²) in [7, 11) is 0. The van der Waals surface area contributed by atoms with Crippen LogP contribution in [0.3, 0.4) is 0 Å². The average Bonchev–Trinajstić information content (AvgIpc) is 2.12. The predicted molar refractivity (Wildman–Crippen MR) is 47.0 cm³/mol. The molecule has 1 heterocycles. The first-order chi connectivity index (χ1) is 4.58. The van der Waals surface area contributed by atoms with Gasteiger partial charge in [-0.05, 0) is 34.0 Å². The Balaban J connectivity index is 2.57. The van der Waals surface area contributed by atoms with Gasteiger partial charge in [-0.3, -0.25) is 0 Å². The Kier molecular flexibility index (Phi) is 2.62. The van der Waals surface area contributed by atoms with Gasteiger partial charge in [-0.15, -0.1) is 11.3 Å². The van der Waals surface area contributed by atoms with Crippen molar-refractivity contribution in [3.63, 3.8) is 0 Å². The third kappa shape index (κ3) is 2.92. The topological polar surface area (TPSA) is 0 Å². The third-order valence-electron chi connectivity index (χ3n) is 0.955. The van der Waals surface area contributed by atoms with Crippen molar-refractivity contribution in [3.8, 4) is 0 Å². The lowest BCUT2D eigenvalue weighted by atomic mass is 10.4. The van der Waals surface area contributed by atoms with E-state index in [0.29, 0.717) is 0 Å². The van der Waals surface area contributed by atoms with Crippen LogP contribution in [0.25, 0.3) is 0 Å². The highest BCUT2D eigenvalue weighted by atomic mass is 127. The van der Waals surface area contributed by atoms with Gasteiger partial charge in [0.25, 0.3) is 0 Å². The van der Waals surface area contributed by atoms with Crippen molar-refractivity contribution < 1.29 is 8.78 Å². The molecule has 0 N–H and O–H groups in total. The SMILES string of the molecule is FC(F)(I)Cc1cccs1. The maximum atomic E-state index is 12.3. The maximum Gasteiger partial charge on any atom is 0.301 e. The minimum Gasteiger partial charge on any atom is -0.195 e. The van der Waals surface area contributed by atoms with Gasteiger partial charge in [0, 0.05) is 4.88 Å². The van der Waals surface area contributed by atoms with Gasteiger partial charge in [0.05, 0.1) is 6.42 Å². The number of rotatable bonds is 2. The van der Waals surface area contributed by atoms with Gasteiger partial charge in [-0.1, -0.05) is 6.07 Å². The zero-order valence-corrected chi connectivity index (χ0v) is 7.96. The fourth-order valence-corrected chi connectivity index (χ4v) is 2.03. The van der Waals surface area contributed by atoms with Gasteiger partial charge >= 0.3 is 3.93 Å². The molecule has 1 aromatic heterocycles. The predicted octanol–water partition coefficient (Wildman–Crippen LogP) is 3.32. The molecule has 0 radical (unpaired) electrons. The number of hydrogen-bond donors (Lipinski definition) is 0. The van der Waals surface area contributed by atoms with E-state index in [-0.39, 0.29) is 6.42 Å². The van der Waals surface area contributed by atoms with E-state index in [1.54, 1.807) is 17.5 Å². The van der Waals surface area contributed by atoms with E-state index in [1.807, 2.05) is 0 Å². The highest BCUT2D eigenvalue weighted by Crippen LogP contribution is 2.28. The Labute approximate surface area is 75.4 Å². The fourth-order valence-electron chi connectivity index (χ4n) is 0.611. The molecule has 1 rings (SSSR count). The Bertz CT molecular complexity index is 190. The van der Waals surface area contributed by atoms with Crippen molar-refractivity contribution in [2.45, 2.75) is 10.4 Å². The normalized spacial score (nSPS) is 11.9. The van der Waals surface area contributed by atoms with Gasteiger partial charge in [-0.2, -0.15) is 8.78 Å². The lowest BCUT2D eigenvalue weighted by molar-refractivity contribution is 0.129. The van der Waals surface area contributed by atoms with Crippen molar-refractivity contribution in [2.24, 2.45) is 0 Å². The van der Waals surface area contributed by atoms with Gasteiger partial charge in [0.1, 0.15) is 0 Å². The molecule has 0 aliphatic rings. The van der Waals surface area contributed by atoms with Crippen LogP contribution in [0.1, 0.15) is 4.88 Å². The molecule has 0 bridgehead atoms. The van der Waals surface area contributed by atoms with Crippen LogP contribution in [0.4, 0.5) is 8.78 Å². The molecule has 0 aliphatic carbocycles. The van der Waals surface area contributed by atoms with Gasteiger partial charge in [-0.25, -0.2) is 0 Å². The summed E-state index contributed by atoms with van der Waals surface area (Å²) in [6.07, 6.45) is -0.148. The summed E-state index contributed by atoms with van der Waals surface area (Å²) >= 11 is 2.52. The fraction of sp³-hybridized carbons (Fsp3) is 0.333. The largest absolute Gasteiger partial charge is 0.301 e. The molecule has 56 valence electrons. The summed E-state index contributed by atoms with van der Waals surface area (Å²) < 4.78 is 22.0. The van der Waals surface area contributed by atoms with Crippen LogP contribution in [0.5, 0.6) is 0 Å². The second kappa shape index (κ2) is 3.13. The first-order valence-corrected chi connectivity index (χ1v) is 4.63. The highest BCUT2D eigenvalue weighted by molar-refractivity contribution is 14.1. The van der Waals surface area contributed by atoms with Crippen molar-refractivity contribution >= 4 is 33.9 Å². The molecule has 4 heteroatoms. The molecule has 0 amide bonds. The van der Waals surface area contributed by atoms with Crippen molar-refractivity contribution in [3.05, 3.63) is 22.4 Å². The number of hydrogen-bond acceptors (Lipinski definition) is 1. The van der Waals surface area contributed by atoms with Crippen LogP contribution in [0.2, 0.25) is 0 Å². The molecule has 0 nitrogen and oxygen atoms in total. The maximum absolute atomic E-state index is 12.3. The molecule has 0 atom stereocenters. The number of thiophene rings is 1. The molecule has 0 saturated heterocycles. The van der Waals surface area contributed by atoms with Crippen molar-refractivity contribution in [1.29, 1.82) is 0 Å². The quantitative estimate of drug-likeness (QED) is 0.573. The Morgan fingerprint density at radius 1 is 1.60 bits per heavy atom. The third-order valence-corrected chi connectivity index (χ3v) is 2.21. The summed E-state index contributed by atoms with van der Waals surface area (Å²) in [6.45, 7) is 0. The molecular weight excluding hydrogens is 269 g/mol. The highest BCUT2D eigenvalue weighted by Gasteiger charge is 2.24. The Morgan fingerprint density at radius 3 is 2.70 bits per heavy atom. The summed E-state index contributed by atoms with van der Waals surface area (Å²) in [5, 5.41) is 1.80. The van der Waals surface area contributed by atoms with Crippen LogP contribution < -0.4 is 0 Å². The average molecular weight is 274 g/mol. The smallest absolute Gasteiger partial charge is 0.195 e. The number of alkyl halides is 3. The zero-order valence-electron chi connectivity index (χ0n) is 4.98. The van der Waals surface area contributed by atoms with E-state index in [4.69, 9.17) is 0 Å². The van der Waals surface area contributed by atoms with Crippen LogP contribution in [-0.2, 0) is 6.42 Å². The number of halogens is 3. The first-order valence-electron chi connectivity index (χ1n) is 2.67. The second-order valence-corrected chi connectivity index (χ2v) is 4.48. The zero-order chi connectivity index (χ0) is 7.61. The van der Waals surface area contributed by atoms with Crippen LogP contribution in [-0.4, -0.2) is 3.93 Å². The molecule has 0 fully saturated rings. The molecule has 10 heavy (non-hydrogen) atoms. The molecular formula is C6H5F2IS. The van der Waals surface area contributed by atoms with Crippen LogP contribution in [0.15, 0.2) is 17.5 Å². The molecule has 0 aromatic carbocycles. The first kappa shape index (κ1) is 8.39. The second-order valence-electron chi connectivity index (χ2n) is 1.87. The standard InChI is InChI=1S/C6H5F2IS/c7-6(8,9)4-5-2-1-3-10-5/h1-3H,4H2. The summed E-state index contributed by atoms with van der Waals surface area (Å²) in [5.74, 6) is 0. The van der Waals surface area contributed by atoms with Crippen LogP contribution >= 0.6 is 33.9 Å². The van der Waals surface area contributed by atoms with E-state index < -0.39 is 3.93 Å². The lowest BCUT2D eigenvalue weighted by Gasteiger charge is -2.04. The van der Waals surface area contributed by atoms with E-state index in [1.165, 1.54) is 11.3 Å². The van der Waals surface area contributed by atoms with Crippen molar-refractivity contribution in [2.75, 3.05) is 0 Å². The summed E-state index contributed by atoms with van der Waals surface area (Å²) in [6, 6.07) is 3.50. The minimum absolute atomic E-state index is 0.148. The van der Waals surface area contributed by atoms with E-state index >= 15 is 0 Å². The Morgan fingerprint density at radius 2 is 2.30 bits per heavy atom. The lowest BCUT2D eigenvalue weighted by Crippen LogP contribution is -2.07. The monoisotopic (exact) mass is 274 g/mol. The van der Waals surface area contributed by atoms with E-state index in [9.17, 15) is 8.78 Å². The minimum atomic E-state index is -2.59. The summed E-state index contributed by atoms with van der Waals surface area (Å²) in [4.78, 5) is 0.736.